The van der Waals surface area contributed by atoms with Crippen molar-refractivity contribution in [1.29, 1.82) is 0 Å². The van der Waals surface area contributed by atoms with E-state index in [0.29, 0.717) is 12.6 Å². The molecular formula is C24H36N2O3. The summed E-state index contributed by atoms with van der Waals surface area (Å²) in [6, 6.07) is 9.32. The van der Waals surface area contributed by atoms with Gasteiger partial charge in [0, 0.05) is 42.3 Å². The van der Waals surface area contributed by atoms with E-state index in [1.165, 1.54) is 70.1 Å². The summed E-state index contributed by atoms with van der Waals surface area (Å²) >= 11 is 0. The average molecular weight is 401 g/mol. The van der Waals surface area contributed by atoms with Crippen molar-refractivity contribution in [2.75, 3.05) is 24.6 Å². The molecule has 5 nitrogen and oxygen atoms in total. The lowest BCUT2D eigenvalue weighted by Gasteiger charge is -2.42. The predicted molar refractivity (Wildman–Crippen MR) is 115 cm³/mol. The highest BCUT2D eigenvalue weighted by molar-refractivity contribution is 5.52. The lowest BCUT2D eigenvalue weighted by molar-refractivity contribution is -0.122. The lowest BCUT2D eigenvalue weighted by atomic mass is 9.72. The normalized spacial score (nSPS) is 31.4. The van der Waals surface area contributed by atoms with E-state index in [1.54, 1.807) is 11.1 Å². The van der Waals surface area contributed by atoms with Crippen molar-refractivity contribution < 1.29 is 15.0 Å². The Bertz CT molecular complexity index is 710. The molecule has 0 spiro atoms. The van der Waals surface area contributed by atoms with Gasteiger partial charge >= 0.3 is 0 Å². The number of aliphatic hydroxyl groups excluding tert-OH is 1. The van der Waals surface area contributed by atoms with Gasteiger partial charge in [-0.15, -0.1) is 0 Å². The molecule has 2 bridgehead atoms. The molecule has 0 unspecified atom stereocenters. The van der Waals surface area contributed by atoms with E-state index in [1.807, 2.05) is 0 Å². The fraction of sp³-hybridized carbons (Fsp3) is 0.708. The van der Waals surface area contributed by atoms with Crippen molar-refractivity contribution in [1.82, 2.24) is 4.90 Å². The van der Waals surface area contributed by atoms with Crippen LogP contribution in [0.4, 0.5) is 5.69 Å². The maximum absolute atomic E-state index is 10.1. The van der Waals surface area contributed by atoms with Crippen LogP contribution >= 0.6 is 0 Å². The Labute approximate surface area is 174 Å². The highest BCUT2D eigenvalue weighted by Crippen LogP contribution is 2.53. The Morgan fingerprint density at radius 2 is 1.83 bits per heavy atom. The standard InChI is InChI=1S/C23H34N2O.CH2O2/c1-2-23(16-26)15-21-8-9-22(23)25(21)19-10-12-24(13-11-19)20-7-6-17-4-3-5-18(17)14-20;2-1-3/h6-7,14,19,21-22,26H,2-5,8-13,15-16H2,1H3;1H,(H,2,3)/t21-,22+,23-;/m1./s1. The summed E-state index contributed by atoms with van der Waals surface area (Å²) < 4.78 is 0. The second-order valence-corrected chi connectivity index (χ2v) is 9.40. The second-order valence-electron chi connectivity index (χ2n) is 9.40. The summed E-state index contributed by atoms with van der Waals surface area (Å²) in [5.41, 5.74) is 4.82. The number of carbonyl (C=O) groups is 1. The molecule has 3 atom stereocenters. The molecule has 0 amide bonds. The van der Waals surface area contributed by atoms with Crippen LogP contribution in [0.1, 0.15) is 63.0 Å². The molecule has 3 aliphatic heterocycles. The fourth-order valence-corrected chi connectivity index (χ4v) is 6.73. The third-order valence-electron chi connectivity index (χ3n) is 8.26. The van der Waals surface area contributed by atoms with Crippen LogP contribution in [-0.4, -0.2) is 59.4 Å². The average Bonchev–Trinajstić information content (AvgIpc) is 3.47. The number of benzene rings is 1. The zero-order valence-corrected chi connectivity index (χ0v) is 17.7. The largest absolute Gasteiger partial charge is 0.483 e. The van der Waals surface area contributed by atoms with Gasteiger partial charge in [0.25, 0.3) is 6.47 Å². The molecule has 29 heavy (non-hydrogen) atoms. The predicted octanol–water partition coefficient (Wildman–Crippen LogP) is 3.47. The van der Waals surface area contributed by atoms with Crippen molar-refractivity contribution in [2.24, 2.45) is 5.41 Å². The first kappa shape index (κ1) is 20.7. The van der Waals surface area contributed by atoms with Crippen LogP contribution in [0.15, 0.2) is 18.2 Å². The molecule has 2 N–H and O–H groups in total. The minimum atomic E-state index is -0.250. The molecule has 0 aromatic heterocycles. The smallest absolute Gasteiger partial charge is 0.290 e. The van der Waals surface area contributed by atoms with Gasteiger partial charge in [0.1, 0.15) is 0 Å². The van der Waals surface area contributed by atoms with E-state index >= 15 is 0 Å². The first-order chi connectivity index (χ1) is 14.2. The number of hydrogen-bond acceptors (Lipinski definition) is 4. The highest BCUT2D eigenvalue weighted by Gasteiger charge is 2.56. The summed E-state index contributed by atoms with van der Waals surface area (Å²) in [5.74, 6) is 0. The van der Waals surface area contributed by atoms with E-state index in [0.717, 1.165) is 18.5 Å². The van der Waals surface area contributed by atoms with Crippen molar-refractivity contribution in [3.05, 3.63) is 29.3 Å². The zero-order valence-electron chi connectivity index (χ0n) is 17.7. The van der Waals surface area contributed by atoms with Gasteiger partial charge in [-0.1, -0.05) is 13.0 Å². The number of anilines is 1. The highest BCUT2D eigenvalue weighted by atomic mass is 16.3. The molecule has 3 saturated heterocycles. The molecule has 3 heterocycles. The number of piperidine rings is 1. The Kier molecular flexibility index (Phi) is 6.16. The number of aryl methyl sites for hydroxylation is 2. The van der Waals surface area contributed by atoms with E-state index in [9.17, 15) is 5.11 Å². The van der Waals surface area contributed by atoms with Gasteiger partial charge in [0.05, 0.1) is 6.61 Å². The molecule has 0 saturated carbocycles. The molecule has 4 aliphatic rings. The number of nitrogens with zero attached hydrogens (tertiary/aromatic N) is 2. The van der Waals surface area contributed by atoms with Gasteiger partial charge in [-0.25, -0.2) is 0 Å². The van der Waals surface area contributed by atoms with E-state index in [2.05, 4.69) is 34.9 Å². The quantitative estimate of drug-likeness (QED) is 0.758. The molecule has 5 rings (SSSR count). The molecule has 3 fully saturated rings. The van der Waals surface area contributed by atoms with E-state index in [-0.39, 0.29) is 11.9 Å². The third kappa shape index (κ3) is 3.68. The summed E-state index contributed by atoms with van der Waals surface area (Å²) in [4.78, 5) is 13.8. The van der Waals surface area contributed by atoms with Gasteiger partial charge < -0.3 is 15.1 Å². The minimum absolute atomic E-state index is 0.194. The first-order valence-electron chi connectivity index (χ1n) is 11.5. The van der Waals surface area contributed by atoms with Crippen molar-refractivity contribution in [3.8, 4) is 0 Å². The van der Waals surface area contributed by atoms with Gasteiger partial charge in [-0.2, -0.15) is 0 Å². The monoisotopic (exact) mass is 400 g/mol. The van der Waals surface area contributed by atoms with Gasteiger partial charge in [0.15, 0.2) is 0 Å². The third-order valence-corrected chi connectivity index (χ3v) is 8.26. The molecule has 1 aromatic rings. The van der Waals surface area contributed by atoms with Gasteiger partial charge in [-0.05, 0) is 81.0 Å². The van der Waals surface area contributed by atoms with Crippen LogP contribution in [0.25, 0.3) is 0 Å². The number of hydrogen-bond donors (Lipinski definition) is 2. The van der Waals surface area contributed by atoms with E-state index < -0.39 is 0 Å². The molecule has 160 valence electrons. The second kappa shape index (κ2) is 8.65. The summed E-state index contributed by atoms with van der Waals surface area (Å²) in [5, 5.41) is 17.0. The summed E-state index contributed by atoms with van der Waals surface area (Å²) in [6.07, 6.45) is 11.5. The van der Waals surface area contributed by atoms with Gasteiger partial charge in [0.2, 0.25) is 0 Å². The maximum Gasteiger partial charge on any atom is 0.290 e. The first-order valence-corrected chi connectivity index (χ1v) is 11.5. The van der Waals surface area contributed by atoms with Crippen LogP contribution in [0.5, 0.6) is 0 Å². The van der Waals surface area contributed by atoms with Crippen LogP contribution in [0.2, 0.25) is 0 Å². The molecule has 1 aromatic carbocycles. The van der Waals surface area contributed by atoms with Crippen LogP contribution < -0.4 is 4.90 Å². The van der Waals surface area contributed by atoms with Crippen molar-refractivity contribution in [2.45, 2.75) is 82.8 Å². The Morgan fingerprint density at radius 1 is 1.10 bits per heavy atom. The fourth-order valence-electron chi connectivity index (χ4n) is 6.73. The van der Waals surface area contributed by atoms with Crippen LogP contribution in [-0.2, 0) is 17.6 Å². The molecular weight excluding hydrogens is 364 g/mol. The topological polar surface area (TPSA) is 64.0 Å². The van der Waals surface area contributed by atoms with Crippen LogP contribution in [0, 0.1) is 5.41 Å². The minimum Gasteiger partial charge on any atom is -0.483 e. The summed E-state index contributed by atoms with van der Waals surface area (Å²) in [6.45, 7) is 4.80. The Hall–Kier alpha value is -1.59. The number of carboxylic acid groups (broad SMARTS) is 1. The van der Waals surface area contributed by atoms with E-state index in [4.69, 9.17) is 9.90 Å². The molecule has 1 aliphatic carbocycles. The zero-order chi connectivity index (χ0) is 20.4. The number of fused-ring (bicyclic) bond motifs is 3. The summed E-state index contributed by atoms with van der Waals surface area (Å²) in [7, 11) is 0. The lowest BCUT2D eigenvalue weighted by Crippen LogP contribution is -2.49. The molecule has 5 heteroatoms. The Balaban J connectivity index is 0.000000645. The maximum atomic E-state index is 10.1. The number of aliphatic hydroxyl groups is 1. The van der Waals surface area contributed by atoms with Crippen molar-refractivity contribution >= 4 is 12.2 Å². The van der Waals surface area contributed by atoms with Crippen LogP contribution in [0.3, 0.4) is 0 Å². The number of rotatable bonds is 4. The van der Waals surface area contributed by atoms with Gasteiger partial charge in [-0.3, -0.25) is 9.69 Å². The SMILES string of the molecule is CC[C@]1(CO)C[C@H]2CC[C@@H]1N2C1CCN(c2ccc3c(c2)CCC3)CC1.O=CO. The Morgan fingerprint density at radius 3 is 2.48 bits per heavy atom. The molecule has 0 radical (unpaired) electrons. The van der Waals surface area contributed by atoms with Crippen molar-refractivity contribution in [3.63, 3.8) is 0 Å².